The Bertz CT molecular complexity index is 555. The molecule has 0 aliphatic heterocycles. The van der Waals surface area contributed by atoms with Crippen molar-refractivity contribution in [2.75, 3.05) is 11.9 Å². The van der Waals surface area contributed by atoms with Crippen LogP contribution in [-0.2, 0) is 6.54 Å². The van der Waals surface area contributed by atoms with E-state index in [0.29, 0.717) is 29.9 Å². The highest BCUT2D eigenvalue weighted by atomic mass is 35.5. The van der Waals surface area contributed by atoms with Gasteiger partial charge < -0.3 is 21.2 Å². The SMILES string of the molecule is CCN=C(N)Nc1nc(-c2ccc(CN)o2)cs1.Cl.Cl. The summed E-state index contributed by atoms with van der Waals surface area (Å²) in [4.78, 5) is 8.39. The number of halogens is 2. The summed E-state index contributed by atoms with van der Waals surface area (Å²) in [5.41, 5.74) is 11.9. The van der Waals surface area contributed by atoms with Gasteiger partial charge in [-0.25, -0.2) is 4.98 Å². The van der Waals surface area contributed by atoms with E-state index in [1.807, 2.05) is 24.4 Å². The molecule has 0 aliphatic carbocycles. The number of aliphatic imine (C=N–C) groups is 1. The minimum atomic E-state index is 0. The van der Waals surface area contributed by atoms with Crippen molar-refractivity contribution < 1.29 is 4.42 Å². The number of guanidine groups is 1. The van der Waals surface area contributed by atoms with Gasteiger partial charge in [-0.15, -0.1) is 36.2 Å². The zero-order chi connectivity index (χ0) is 13.0. The van der Waals surface area contributed by atoms with E-state index < -0.39 is 0 Å². The van der Waals surface area contributed by atoms with Gasteiger partial charge in [0.2, 0.25) is 0 Å². The summed E-state index contributed by atoms with van der Waals surface area (Å²) < 4.78 is 5.51. The summed E-state index contributed by atoms with van der Waals surface area (Å²) in [5, 5.41) is 5.50. The summed E-state index contributed by atoms with van der Waals surface area (Å²) in [7, 11) is 0. The van der Waals surface area contributed by atoms with Crippen LogP contribution < -0.4 is 16.8 Å². The fourth-order valence-electron chi connectivity index (χ4n) is 1.39. The van der Waals surface area contributed by atoms with E-state index in [0.717, 1.165) is 11.5 Å². The molecule has 0 amide bonds. The highest BCUT2D eigenvalue weighted by Gasteiger charge is 2.09. The highest BCUT2D eigenvalue weighted by Crippen LogP contribution is 2.26. The molecule has 0 atom stereocenters. The van der Waals surface area contributed by atoms with Crippen molar-refractivity contribution in [3.05, 3.63) is 23.3 Å². The van der Waals surface area contributed by atoms with Crippen LogP contribution in [0.2, 0.25) is 0 Å². The first kappa shape index (κ1) is 18.7. The van der Waals surface area contributed by atoms with Crippen LogP contribution >= 0.6 is 36.2 Å². The Balaban J connectivity index is 0.00000180. The van der Waals surface area contributed by atoms with E-state index in [4.69, 9.17) is 15.9 Å². The number of thiazole rings is 1. The molecule has 0 radical (unpaired) electrons. The Morgan fingerprint density at radius 2 is 2.20 bits per heavy atom. The van der Waals surface area contributed by atoms with Gasteiger partial charge >= 0.3 is 0 Å². The molecule has 0 bridgehead atoms. The third-order valence-corrected chi connectivity index (χ3v) is 2.94. The van der Waals surface area contributed by atoms with Gasteiger partial charge in [-0.3, -0.25) is 4.99 Å². The fourth-order valence-corrected chi connectivity index (χ4v) is 2.10. The number of nitrogens with two attached hydrogens (primary N) is 2. The summed E-state index contributed by atoms with van der Waals surface area (Å²) in [6.45, 7) is 2.93. The summed E-state index contributed by atoms with van der Waals surface area (Å²) in [6.07, 6.45) is 0. The molecule has 0 unspecified atom stereocenters. The molecule has 2 heterocycles. The minimum Gasteiger partial charge on any atom is -0.458 e. The van der Waals surface area contributed by atoms with E-state index in [2.05, 4.69) is 15.3 Å². The van der Waals surface area contributed by atoms with Gasteiger partial charge in [0, 0.05) is 11.9 Å². The van der Waals surface area contributed by atoms with Crippen molar-refractivity contribution in [3.63, 3.8) is 0 Å². The maximum Gasteiger partial charge on any atom is 0.194 e. The van der Waals surface area contributed by atoms with E-state index in [1.54, 1.807) is 0 Å². The molecule has 112 valence electrons. The number of rotatable bonds is 4. The molecule has 20 heavy (non-hydrogen) atoms. The standard InChI is InChI=1S/C11H15N5OS.2ClH/c1-2-14-10(13)16-11-15-8(6-18-11)9-4-3-7(5-12)17-9;;/h3-4,6H,2,5,12H2,1H3,(H3,13,14,15,16);2*1H. The maximum absolute atomic E-state index is 5.66. The molecule has 0 aromatic carbocycles. The molecule has 0 aliphatic rings. The summed E-state index contributed by atoms with van der Waals surface area (Å²) in [6, 6.07) is 3.69. The van der Waals surface area contributed by atoms with Crippen molar-refractivity contribution in [1.29, 1.82) is 0 Å². The van der Waals surface area contributed by atoms with Crippen LogP contribution in [0.5, 0.6) is 0 Å². The van der Waals surface area contributed by atoms with Crippen LogP contribution in [0.1, 0.15) is 12.7 Å². The average Bonchev–Trinajstić information content (AvgIpc) is 2.96. The van der Waals surface area contributed by atoms with Crippen LogP contribution in [0.15, 0.2) is 26.9 Å². The molecule has 0 saturated heterocycles. The van der Waals surface area contributed by atoms with E-state index in [-0.39, 0.29) is 24.8 Å². The molecule has 6 nitrogen and oxygen atoms in total. The molecule has 2 aromatic rings. The van der Waals surface area contributed by atoms with Crippen LogP contribution in [0, 0.1) is 0 Å². The molecule has 0 spiro atoms. The number of nitrogens with one attached hydrogen (secondary N) is 1. The Kier molecular flexibility index (Phi) is 8.24. The number of furan rings is 1. The van der Waals surface area contributed by atoms with Gasteiger partial charge in [-0.1, -0.05) is 0 Å². The smallest absolute Gasteiger partial charge is 0.194 e. The minimum absolute atomic E-state index is 0. The van der Waals surface area contributed by atoms with E-state index in [9.17, 15) is 0 Å². The topological polar surface area (TPSA) is 102 Å². The molecule has 2 rings (SSSR count). The Hall–Kier alpha value is -1.28. The van der Waals surface area contributed by atoms with Crippen molar-refractivity contribution in [1.82, 2.24) is 4.98 Å². The Labute approximate surface area is 133 Å². The van der Waals surface area contributed by atoms with Crippen molar-refractivity contribution in [2.24, 2.45) is 16.5 Å². The number of aromatic nitrogens is 1. The Morgan fingerprint density at radius 1 is 1.45 bits per heavy atom. The second-order valence-electron chi connectivity index (χ2n) is 3.49. The lowest BCUT2D eigenvalue weighted by Crippen LogP contribution is -2.22. The lowest BCUT2D eigenvalue weighted by molar-refractivity contribution is 0.524. The zero-order valence-electron chi connectivity index (χ0n) is 10.8. The normalized spacial score (nSPS) is 10.6. The third-order valence-electron chi connectivity index (χ3n) is 2.18. The molecular formula is C11H17Cl2N5OS. The van der Waals surface area contributed by atoms with E-state index in [1.165, 1.54) is 11.3 Å². The second-order valence-corrected chi connectivity index (χ2v) is 4.35. The first-order valence-electron chi connectivity index (χ1n) is 5.54. The third kappa shape index (κ3) is 4.68. The van der Waals surface area contributed by atoms with Crippen molar-refractivity contribution in [3.8, 4) is 11.5 Å². The monoisotopic (exact) mass is 337 g/mol. The van der Waals surface area contributed by atoms with Gasteiger partial charge in [0.1, 0.15) is 11.5 Å². The second kappa shape index (κ2) is 8.80. The number of nitrogens with zero attached hydrogens (tertiary/aromatic N) is 2. The molecule has 0 fully saturated rings. The highest BCUT2D eigenvalue weighted by molar-refractivity contribution is 7.14. The van der Waals surface area contributed by atoms with Crippen LogP contribution in [-0.4, -0.2) is 17.5 Å². The van der Waals surface area contributed by atoms with E-state index >= 15 is 0 Å². The summed E-state index contributed by atoms with van der Waals surface area (Å²) in [5.74, 6) is 1.80. The molecular weight excluding hydrogens is 321 g/mol. The first-order valence-corrected chi connectivity index (χ1v) is 6.42. The number of hydrogen-bond acceptors (Lipinski definition) is 5. The van der Waals surface area contributed by atoms with Gasteiger partial charge in [0.25, 0.3) is 0 Å². The molecule has 0 saturated carbocycles. The first-order chi connectivity index (χ1) is 8.72. The number of anilines is 1. The quantitative estimate of drug-likeness (QED) is 0.587. The largest absolute Gasteiger partial charge is 0.458 e. The molecule has 2 aromatic heterocycles. The summed E-state index contributed by atoms with van der Waals surface area (Å²) >= 11 is 1.44. The zero-order valence-corrected chi connectivity index (χ0v) is 13.3. The van der Waals surface area contributed by atoms with Gasteiger partial charge in [0.05, 0.1) is 6.54 Å². The Morgan fingerprint density at radius 3 is 2.80 bits per heavy atom. The lowest BCUT2D eigenvalue weighted by Gasteiger charge is -1.99. The average molecular weight is 338 g/mol. The predicted octanol–water partition coefficient (Wildman–Crippen LogP) is 2.45. The van der Waals surface area contributed by atoms with Crippen LogP contribution in [0.25, 0.3) is 11.5 Å². The van der Waals surface area contributed by atoms with Crippen molar-refractivity contribution >= 4 is 47.2 Å². The van der Waals surface area contributed by atoms with Crippen molar-refractivity contribution in [2.45, 2.75) is 13.5 Å². The lowest BCUT2D eigenvalue weighted by atomic mass is 10.3. The van der Waals surface area contributed by atoms with Crippen LogP contribution in [0.4, 0.5) is 5.13 Å². The van der Waals surface area contributed by atoms with Gasteiger partial charge in [0.15, 0.2) is 16.9 Å². The fraction of sp³-hybridized carbons (Fsp3) is 0.273. The van der Waals surface area contributed by atoms with Gasteiger partial charge in [-0.2, -0.15) is 0 Å². The maximum atomic E-state index is 5.66. The molecule has 5 N–H and O–H groups in total. The van der Waals surface area contributed by atoms with Gasteiger partial charge in [-0.05, 0) is 19.1 Å². The molecule has 9 heteroatoms. The van der Waals surface area contributed by atoms with Crippen LogP contribution in [0.3, 0.4) is 0 Å². The predicted molar refractivity (Wildman–Crippen MR) is 88.0 cm³/mol. The number of hydrogen-bond donors (Lipinski definition) is 3.